The highest BCUT2D eigenvalue weighted by Crippen LogP contribution is 2.33. The predicted octanol–water partition coefficient (Wildman–Crippen LogP) is 3.65. The lowest BCUT2D eigenvalue weighted by Crippen LogP contribution is -2.26. The molecule has 0 bridgehead atoms. The Morgan fingerprint density at radius 2 is 2.04 bits per heavy atom. The second-order valence-electron chi connectivity index (χ2n) is 6.80. The van der Waals surface area contributed by atoms with Crippen LogP contribution in [0.1, 0.15) is 46.8 Å². The van der Waals surface area contributed by atoms with Crippen LogP contribution in [0.4, 0.5) is 5.13 Å². The van der Waals surface area contributed by atoms with Crippen LogP contribution in [-0.4, -0.2) is 30.6 Å². The Morgan fingerprint density at radius 1 is 1.24 bits per heavy atom. The molecule has 1 aromatic heterocycles. The molecule has 1 aliphatic heterocycles. The smallest absolute Gasteiger partial charge is 0.261 e. The Bertz CT molecular complexity index is 736. The van der Waals surface area contributed by atoms with Crippen molar-refractivity contribution < 1.29 is 9.53 Å². The summed E-state index contributed by atoms with van der Waals surface area (Å²) < 4.78 is 5.84. The number of benzene rings is 1. The van der Waals surface area contributed by atoms with E-state index in [-0.39, 0.29) is 5.91 Å². The van der Waals surface area contributed by atoms with E-state index in [2.05, 4.69) is 15.6 Å². The van der Waals surface area contributed by atoms with Gasteiger partial charge in [-0.3, -0.25) is 10.1 Å². The zero-order chi connectivity index (χ0) is 17.1. The van der Waals surface area contributed by atoms with E-state index < -0.39 is 0 Å². The van der Waals surface area contributed by atoms with E-state index in [0.29, 0.717) is 34.9 Å². The summed E-state index contributed by atoms with van der Waals surface area (Å²) in [6.07, 6.45) is 6.63. The maximum Gasteiger partial charge on any atom is 0.261 e. The molecule has 2 N–H and O–H groups in total. The fraction of sp³-hybridized carbons (Fsp3) is 0.474. The van der Waals surface area contributed by atoms with Crippen molar-refractivity contribution in [2.75, 3.05) is 25.0 Å². The van der Waals surface area contributed by atoms with Gasteiger partial charge in [-0.1, -0.05) is 12.1 Å². The molecule has 25 heavy (non-hydrogen) atoms. The highest BCUT2D eigenvalue weighted by Gasteiger charge is 2.23. The van der Waals surface area contributed by atoms with Gasteiger partial charge in [-0.05, 0) is 62.7 Å². The number of ether oxygens (including phenoxy) is 1. The summed E-state index contributed by atoms with van der Waals surface area (Å²) in [4.78, 5) is 18.3. The molecule has 0 spiro atoms. The first kappa shape index (κ1) is 16.5. The van der Waals surface area contributed by atoms with E-state index in [1.165, 1.54) is 17.7 Å². The third-order valence-electron chi connectivity index (χ3n) is 4.79. The molecule has 132 valence electrons. The highest BCUT2D eigenvalue weighted by atomic mass is 32.1. The number of para-hydroxylation sites is 1. The number of nitrogens with zero attached hydrogens (tertiary/aromatic N) is 1. The largest absolute Gasteiger partial charge is 0.492 e. The van der Waals surface area contributed by atoms with Gasteiger partial charge in [0.25, 0.3) is 5.91 Å². The number of hydrogen-bond acceptors (Lipinski definition) is 5. The number of piperidine rings is 1. The van der Waals surface area contributed by atoms with Crippen LogP contribution in [0.25, 0.3) is 0 Å². The average molecular weight is 357 g/mol. The van der Waals surface area contributed by atoms with Gasteiger partial charge in [-0.25, -0.2) is 4.98 Å². The number of nitrogens with one attached hydrogen (secondary N) is 2. The van der Waals surface area contributed by atoms with Crippen LogP contribution < -0.4 is 15.4 Å². The van der Waals surface area contributed by atoms with Crippen molar-refractivity contribution in [2.45, 2.75) is 31.6 Å². The minimum Gasteiger partial charge on any atom is -0.492 e. The number of hydrogen-bond donors (Lipinski definition) is 2. The number of rotatable bonds is 6. The maximum absolute atomic E-state index is 12.6. The van der Waals surface area contributed by atoms with Crippen LogP contribution in [0.15, 0.2) is 30.5 Å². The molecular formula is C19H23N3O2S. The summed E-state index contributed by atoms with van der Waals surface area (Å²) in [6.45, 7) is 2.80. The summed E-state index contributed by atoms with van der Waals surface area (Å²) in [5, 5.41) is 6.97. The molecule has 6 heteroatoms. The van der Waals surface area contributed by atoms with Crippen molar-refractivity contribution in [3.63, 3.8) is 0 Å². The Morgan fingerprint density at radius 3 is 2.84 bits per heavy atom. The van der Waals surface area contributed by atoms with E-state index in [4.69, 9.17) is 4.74 Å². The van der Waals surface area contributed by atoms with Gasteiger partial charge in [0.15, 0.2) is 5.13 Å². The molecule has 1 saturated heterocycles. The molecule has 0 atom stereocenters. The standard InChI is InChI=1S/C19H23N3O2S/c23-18(15-3-1-2-4-16(15)24-12-13-5-6-13)22-19-21-11-17(25-19)14-7-9-20-10-8-14/h1-4,11,13-14,20H,5-10,12H2,(H,21,22,23). The number of anilines is 1. The number of thiazole rings is 1. The minimum atomic E-state index is -0.155. The lowest BCUT2D eigenvalue weighted by atomic mass is 9.97. The average Bonchev–Trinajstić information content (AvgIpc) is 3.38. The lowest BCUT2D eigenvalue weighted by molar-refractivity contribution is 0.102. The molecule has 1 saturated carbocycles. The minimum absolute atomic E-state index is 0.155. The summed E-state index contributed by atoms with van der Waals surface area (Å²) in [5.41, 5.74) is 0.571. The molecule has 0 radical (unpaired) electrons. The summed E-state index contributed by atoms with van der Waals surface area (Å²) >= 11 is 1.58. The summed E-state index contributed by atoms with van der Waals surface area (Å²) in [5.74, 6) is 1.71. The van der Waals surface area contributed by atoms with E-state index in [0.717, 1.165) is 25.9 Å². The second-order valence-corrected chi connectivity index (χ2v) is 7.86. The van der Waals surface area contributed by atoms with Gasteiger partial charge < -0.3 is 10.1 Å². The van der Waals surface area contributed by atoms with E-state index >= 15 is 0 Å². The predicted molar refractivity (Wildman–Crippen MR) is 99.6 cm³/mol. The number of carbonyl (C=O) groups is 1. The Balaban J connectivity index is 1.42. The van der Waals surface area contributed by atoms with Crippen molar-refractivity contribution in [1.29, 1.82) is 0 Å². The van der Waals surface area contributed by atoms with Crippen LogP contribution in [-0.2, 0) is 0 Å². The molecule has 4 rings (SSSR count). The van der Waals surface area contributed by atoms with Crippen LogP contribution in [0, 0.1) is 5.92 Å². The van der Waals surface area contributed by atoms with Gasteiger partial charge in [0.2, 0.25) is 0 Å². The quantitative estimate of drug-likeness (QED) is 0.828. The van der Waals surface area contributed by atoms with Crippen molar-refractivity contribution in [3.8, 4) is 5.75 Å². The molecule has 2 heterocycles. The number of aromatic nitrogens is 1. The normalized spacial score (nSPS) is 18.1. The van der Waals surface area contributed by atoms with Gasteiger partial charge in [0.1, 0.15) is 5.75 Å². The Kier molecular flexibility index (Phi) is 4.99. The molecule has 1 aromatic carbocycles. The summed E-state index contributed by atoms with van der Waals surface area (Å²) in [7, 11) is 0. The molecule has 2 aliphatic rings. The molecule has 2 fully saturated rings. The van der Waals surface area contributed by atoms with Crippen molar-refractivity contribution in [2.24, 2.45) is 5.92 Å². The first-order valence-corrected chi connectivity index (χ1v) is 9.81. The monoisotopic (exact) mass is 357 g/mol. The molecule has 1 amide bonds. The van der Waals surface area contributed by atoms with Gasteiger partial charge in [0.05, 0.1) is 12.2 Å². The first-order valence-electron chi connectivity index (χ1n) is 8.99. The highest BCUT2D eigenvalue weighted by molar-refractivity contribution is 7.15. The van der Waals surface area contributed by atoms with Crippen molar-refractivity contribution >= 4 is 22.4 Å². The molecule has 5 nitrogen and oxygen atoms in total. The maximum atomic E-state index is 12.6. The zero-order valence-corrected chi connectivity index (χ0v) is 15.0. The van der Waals surface area contributed by atoms with Crippen LogP contribution >= 0.6 is 11.3 Å². The van der Waals surface area contributed by atoms with Crippen LogP contribution in [0.5, 0.6) is 5.75 Å². The first-order chi connectivity index (χ1) is 12.3. The number of amides is 1. The van der Waals surface area contributed by atoms with Crippen molar-refractivity contribution in [1.82, 2.24) is 10.3 Å². The topological polar surface area (TPSA) is 63.2 Å². The molecular weight excluding hydrogens is 334 g/mol. The lowest BCUT2D eigenvalue weighted by Gasteiger charge is -2.20. The third-order valence-corrected chi connectivity index (χ3v) is 5.86. The van der Waals surface area contributed by atoms with E-state index in [1.54, 1.807) is 17.4 Å². The third kappa shape index (κ3) is 4.19. The molecule has 1 aliphatic carbocycles. The number of carbonyl (C=O) groups excluding carboxylic acids is 1. The van der Waals surface area contributed by atoms with E-state index in [9.17, 15) is 4.79 Å². The van der Waals surface area contributed by atoms with Crippen LogP contribution in [0.2, 0.25) is 0 Å². The van der Waals surface area contributed by atoms with E-state index in [1.807, 2.05) is 24.4 Å². The van der Waals surface area contributed by atoms with Gasteiger partial charge in [0, 0.05) is 11.1 Å². The second kappa shape index (κ2) is 7.54. The van der Waals surface area contributed by atoms with Gasteiger partial charge in [-0.2, -0.15) is 0 Å². The zero-order valence-electron chi connectivity index (χ0n) is 14.2. The Labute approximate surface area is 151 Å². The fourth-order valence-corrected chi connectivity index (χ4v) is 4.06. The van der Waals surface area contributed by atoms with Gasteiger partial charge >= 0.3 is 0 Å². The van der Waals surface area contributed by atoms with Crippen molar-refractivity contribution in [3.05, 3.63) is 40.9 Å². The summed E-state index contributed by atoms with van der Waals surface area (Å²) in [6, 6.07) is 7.43. The molecule has 0 unspecified atom stereocenters. The van der Waals surface area contributed by atoms with Crippen LogP contribution in [0.3, 0.4) is 0 Å². The fourth-order valence-electron chi connectivity index (χ4n) is 3.08. The Hall–Kier alpha value is -1.92. The van der Waals surface area contributed by atoms with Gasteiger partial charge in [-0.15, -0.1) is 11.3 Å². The SMILES string of the molecule is O=C(Nc1ncc(C2CCNCC2)s1)c1ccccc1OCC1CC1. The molecule has 2 aromatic rings.